The Morgan fingerprint density at radius 2 is 1.92 bits per heavy atom. The van der Waals surface area contributed by atoms with E-state index in [-0.39, 0.29) is 32.3 Å². The first-order valence-electron chi connectivity index (χ1n) is 6.27. The molecule has 0 aliphatic heterocycles. The van der Waals surface area contributed by atoms with E-state index in [2.05, 4.69) is 14.7 Å². The van der Waals surface area contributed by atoms with Gasteiger partial charge in [0.15, 0.2) is 23.1 Å². The smallest absolute Gasteiger partial charge is 0.358 e. The molecule has 0 amide bonds. The van der Waals surface area contributed by atoms with Crippen LogP contribution in [0.4, 0.5) is 8.78 Å². The van der Waals surface area contributed by atoms with Gasteiger partial charge in [0.05, 0.1) is 24.8 Å². The van der Waals surface area contributed by atoms with Crippen molar-refractivity contribution < 1.29 is 23.0 Å². The SMILES string of the molecule is COC(=O)c1nc(-c2c(F)cc(Cl)c(OC)c2F)nc(SC)c1Cl. The van der Waals surface area contributed by atoms with Gasteiger partial charge in [-0.05, 0) is 12.3 Å². The zero-order chi connectivity index (χ0) is 18.0. The molecule has 0 atom stereocenters. The monoisotopic (exact) mass is 394 g/mol. The van der Waals surface area contributed by atoms with Gasteiger partial charge >= 0.3 is 5.97 Å². The minimum atomic E-state index is -1.09. The number of nitrogens with zero attached hydrogens (tertiary/aromatic N) is 2. The van der Waals surface area contributed by atoms with Gasteiger partial charge in [-0.1, -0.05) is 23.2 Å². The van der Waals surface area contributed by atoms with Crippen LogP contribution in [0.1, 0.15) is 10.5 Å². The van der Waals surface area contributed by atoms with Gasteiger partial charge < -0.3 is 9.47 Å². The molecule has 5 nitrogen and oxygen atoms in total. The molecular formula is C14H10Cl2F2N2O3S. The molecule has 24 heavy (non-hydrogen) atoms. The van der Waals surface area contributed by atoms with E-state index in [0.717, 1.165) is 24.9 Å². The number of aromatic nitrogens is 2. The number of esters is 1. The topological polar surface area (TPSA) is 61.3 Å². The third-order valence-corrected chi connectivity index (χ3v) is 4.38. The molecular weight excluding hydrogens is 385 g/mol. The molecule has 0 aliphatic carbocycles. The number of thioether (sulfide) groups is 1. The molecule has 1 heterocycles. The standard InChI is InChI=1S/C14H10Cl2F2N2O3S/c1-22-11-5(15)4-6(17)7(9(11)18)12-19-10(14(21)23-2)8(16)13(20-12)24-3/h4H,1-3H3. The van der Waals surface area contributed by atoms with Crippen molar-refractivity contribution in [2.45, 2.75) is 5.03 Å². The first-order chi connectivity index (χ1) is 11.3. The molecule has 2 rings (SSSR count). The second kappa shape index (κ2) is 7.50. The van der Waals surface area contributed by atoms with Gasteiger partial charge in [-0.25, -0.2) is 23.5 Å². The number of carbonyl (C=O) groups is 1. The summed E-state index contributed by atoms with van der Waals surface area (Å²) in [7, 11) is 2.31. The zero-order valence-electron chi connectivity index (χ0n) is 12.6. The Bertz CT molecular complexity index is 821. The van der Waals surface area contributed by atoms with Gasteiger partial charge in [0.25, 0.3) is 0 Å². The third-order valence-electron chi connectivity index (χ3n) is 2.95. The van der Waals surface area contributed by atoms with Crippen LogP contribution in [-0.4, -0.2) is 36.4 Å². The van der Waals surface area contributed by atoms with Crippen molar-refractivity contribution in [3.63, 3.8) is 0 Å². The van der Waals surface area contributed by atoms with E-state index >= 15 is 0 Å². The minimum absolute atomic E-state index is 0.0696. The van der Waals surface area contributed by atoms with Crippen LogP contribution >= 0.6 is 35.0 Å². The van der Waals surface area contributed by atoms with Crippen LogP contribution in [-0.2, 0) is 4.74 Å². The Morgan fingerprint density at radius 3 is 2.46 bits per heavy atom. The van der Waals surface area contributed by atoms with E-state index in [1.54, 1.807) is 6.26 Å². The molecule has 128 valence electrons. The number of hydrogen-bond donors (Lipinski definition) is 0. The summed E-state index contributed by atoms with van der Waals surface area (Å²) in [6, 6.07) is 0.868. The Balaban J connectivity index is 2.80. The molecule has 0 bridgehead atoms. The highest BCUT2D eigenvalue weighted by molar-refractivity contribution is 7.98. The van der Waals surface area contributed by atoms with Gasteiger partial charge in [-0.2, -0.15) is 0 Å². The number of hydrogen-bond acceptors (Lipinski definition) is 6. The highest BCUT2D eigenvalue weighted by Crippen LogP contribution is 2.37. The summed E-state index contributed by atoms with van der Waals surface area (Å²) in [4.78, 5) is 19.6. The lowest BCUT2D eigenvalue weighted by Crippen LogP contribution is -2.10. The quantitative estimate of drug-likeness (QED) is 0.438. The molecule has 0 spiro atoms. The zero-order valence-corrected chi connectivity index (χ0v) is 14.9. The van der Waals surface area contributed by atoms with Crippen LogP contribution in [0.3, 0.4) is 0 Å². The number of carbonyl (C=O) groups excluding carboxylic acids is 1. The normalized spacial score (nSPS) is 10.6. The average Bonchev–Trinajstić information content (AvgIpc) is 2.55. The minimum Gasteiger partial charge on any atom is -0.492 e. The molecule has 0 saturated heterocycles. The number of methoxy groups -OCH3 is 2. The molecule has 0 saturated carbocycles. The fourth-order valence-corrected chi connectivity index (χ4v) is 2.97. The summed E-state index contributed by atoms with van der Waals surface area (Å²) in [5.74, 6) is -3.71. The fourth-order valence-electron chi connectivity index (χ4n) is 1.87. The second-order valence-electron chi connectivity index (χ2n) is 4.27. The Kier molecular flexibility index (Phi) is 5.84. The van der Waals surface area contributed by atoms with E-state index in [0.29, 0.717) is 0 Å². The van der Waals surface area contributed by atoms with Crippen molar-refractivity contribution in [2.75, 3.05) is 20.5 Å². The van der Waals surface area contributed by atoms with E-state index < -0.39 is 23.2 Å². The highest BCUT2D eigenvalue weighted by atomic mass is 35.5. The summed E-state index contributed by atoms with van der Waals surface area (Å²) >= 11 is 12.8. The summed E-state index contributed by atoms with van der Waals surface area (Å²) < 4.78 is 38.2. The van der Waals surface area contributed by atoms with Gasteiger partial charge in [0, 0.05) is 0 Å². The van der Waals surface area contributed by atoms with Crippen molar-refractivity contribution in [1.29, 1.82) is 0 Å². The predicted octanol–water partition coefficient (Wildman–Crippen LogP) is 4.25. The third kappa shape index (κ3) is 3.26. The molecule has 0 unspecified atom stereocenters. The second-order valence-corrected chi connectivity index (χ2v) is 5.85. The largest absolute Gasteiger partial charge is 0.492 e. The maximum Gasteiger partial charge on any atom is 0.358 e. The molecule has 0 radical (unpaired) electrons. The molecule has 1 aromatic heterocycles. The molecule has 0 aliphatic rings. The van der Waals surface area contributed by atoms with Gasteiger partial charge in [0.2, 0.25) is 0 Å². The van der Waals surface area contributed by atoms with Crippen LogP contribution < -0.4 is 4.74 Å². The lowest BCUT2D eigenvalue weighted by Gasteiger charge is -2.12. The van der Waals surface area contributed by atoms with Crippen molar-refractivity contribution >= 4 is 40.9 Å². The maximum absolute atomic E-state index is 14.5. The van der Waals surface area contributed by atoms with E-state index in [4.69, 9.17) is 27.9 Å². The number of halogens is 4. The van der Waals surface area contributed by atoms with Gasteiger partial charge in [0.1, 0.15) is 15.9 Å². The van der Waals surface area contributed by atoms with Gasteiger partial charge in [-0.3, -0.25) is 0 Å². The molecule has 10 heteroatoms. The first-order valence-corrected chi connectivity index (χ1v) is 8.25. The Morgan fingerprint density at radius 1 is 1.25 bits per heavy atom. The first kappa shape index (κ1) is 18.7. The maximum atomic E-state index is 14.5. The van der Waals surface area contributed by atoms with Crippen LogP contribution in [0.5, 0.6) is 5.75 Å². The van der Waals surface area contributed by atoms with Crippen LogP contribution in [0.25, 0.3) is 11.4 Å². The van der Waals surface area contributed by atoms with E-state index in [1.165, 1.54) is 7.11 Å². The van der Waals surface area contributed by atoms with Crippen LogP contribution in [0, 0.1) is 11.6 Å². The van der Waals surface area contributed by atoms with Crippen molar-refractivity contribution in [3.05, 3.63) is 33.4 Å². The molecule has 2 aromatic rings. The molecule has 1 aromatic carbocycles. The molecule has 0 N–H and O–H groups in total. The van der Waals surface area contributed by atoms with E-state index in [9.17, 15) is 13.6 Å². The Hall–Kier alpha value is -1.64. The number of benzene rings is 1. The fraction of sp³-hybridized carbons (Fsp3) is 0.214. The number of ether oxygens (including phenoxy) is 2. The van der Waals surface area contributed by atoms with Crippen molar-refractivity contribution in [1.82, 2.24) is 9.97 Å². The molecule has 0 fully saturated rings. The van der Waals surface area contributed by atoms with E-state index in [1.807, 2.05) is 0 Å². The summed E-state index contributed by atoms with van der Waals surface area (Å²) in [6.07, 6.45) is 1.63. The Labute approximate surface area is 150 Å². The van der Waals surface area contributed by atoms with Crippen molar-refractivity contribution in [2.24, 2.45) is 0 Å². The summed E-state index contributed by atoms with van der Waals surface area (Å²) in [5, 5.41) is -0.155. The van der Waals surface area contributed by atoms with Crippen LogP contribution in [0.15, 0.2) is 11.1 Å². The summed E-state index contributed by atoms with van der Waals surface area (Å²) in [5.41, 5.74) is -0.894. The van der Waals surface area contributed by atoms with Crippen molar-refractivity contribution in [3.8, 4) is 17.1 Å². The van der Waals surface area contributed by atoms with Gasteiger partial charge in [-0.15, -0.1) is 11.8 Å². The average molecular weight is 395 g/mol. The lowest BCUT2D eigenvalue weighted by molar-refractivity contribution is 0.0593. The predicted molar refractivity (Wildman–Crippen MR) is 87.1 cm³/mol. The van der Waals surface area contributed by atoms with Crippen LogP contribution in [0.2, 0.25) is 10.0 Å². The number of rotatable bonds is 4. The highest BCUT2D eigenvalue weighted by Gasteiger charge is 2.26. The summed E-state index contributed by atoms with van der Waals surface area (Å²) in [6.45, 7) is 0. The lowest BCUT2D eigenvalue weighted by atomic mass is 10.1.